The molecule has 106 valence electrons. The molecule has 1 N–H and O–H groups in total. The largest absolute Gasteiger partial charge is 0.478 e. The van der Waals surface area contributed by atoms with E-state index < -0.39 is 5.97 Å². The summed E-state index contributed by atoms with van der Waals surface area (Å²) in [5.74, 6) is -0.446. The predicted molar refractivity (Wildman–Crippen MR) is 85.3 cm³/mol. The van der Waals surface area contributed by atoms with Gasteiger partial charge in [0.15, 0.2) is 0 Å². The van der Waals surface area contributed by atoms with Crippen molar-refractivity contribution in [2.75, 3.05) is 6.26 Å². The second kappa shape index (κ2) is 5.50. The lowest BCUT2D eigenvalue weighted by molar-refractivity contribution is 0.0697. The van der Waals surface area contributed by atoms with Crippen LogP contribution in [-0.2, 0) is 0 Å². The Hall–Kier alpha value is -1.86. The number of hydrogen-bond acceptors (Lipinski definition) is 4. The molecular formula is C14H10BrN3O2S. The van der Waals surface area contributed by atoms with Crippen LogP contribution in [0.4, 0.5) is 0 Å². The van der Waals surface area contributed by atoms with Gasteiger partial charge in [0.25, 0.3) is 0 Å². The number of aromatic carboxylic acids is 1. The number of benzene rings is 1. The van der Waals surface area contributed by atoms with E-state index in [0.717, 1.165) is 20.3 Å². The summed E-state index contributed by atoms with van der Waals surface area (Å²) in [5, 5.41) is 10.1. The molecule has 21 heavy (non-hydrogen) atoms. The Labute approximate surface area is 133 Å². The van der Waals surface area contributed by atoms with Crippen LogP contribution in [0.15, 0.2) is 46.2 Å². The summed E-state index contributed by atoms with van der Waals surface area (Å²) in [6.45, 7) is 0. The lowest BCUT2D eigenvalue weighted by Crippen LogP contribution is -2.00. The first kappa shape index (κ1) is 14.1. The minimum absolute atomic E-state index is 0.242. The van der Waals surface area contributed by atoms with E-state index in [9.17, 15) is 4.79 Å². The molecule has 0 amide bonds. The molecule has 5 nitrogen and oxygen atoms in total. The molecule has 0 atom stereocenters. The summed E-state index contributed by atoms with van der Waals surface area (Å²) in [6.07, 6.45) is 7.22. The second-order valence-electron chi connectivity index (χ2n) is 4.31. The van der Waals surface area contributed by atoms with E-state index >= 15 is 0 Å². The standard InChI is InChI=1S/C14H10BrN3O2S/c1-21-12-7-18(14-16-5-9(15)6-17-14)11-4-8(13(19)20)2-3-10(11)12/h2-7H,1H3,(H,19,20). The molecule has 0 fully saturated rings. The van der Waals surface area contributed by atoms with E-state index in [1.165, 1.54) is 0 Å². The molecule has 0 aliphatic carbocycles. The summed E-state index contributed by atoms with van der Waals surface area (Å²) in [5.41, 5.74) is 1.02. The number of rotatable bonds is 3. The van der Waals surface area contributed by atoms with Crippen molar-refractivity contribution in [3.8, 4) is 5.95 Å². The van der Waals surface area contributed by atoms with Crippen molar-refractivity contribution in [1.82, 2.24) is 14.5 Å². The van der Waals surface area contributed by atoms with Crippen LogP contribution in [0.3, 0.4) is 0 Å². The number of nitrogens with zero attached hydrogens (tertiary/aromatic N) is 3. The molecule has 7 heteroatoms. The van der Waals surface area contributed by atoms with E-state index in [1.54, 1.807) is 40.9 Å². The zero-order valence-corrected chi connectivity index (χ0v) is 13.3. The maximum atomic E-state index is 11.2. The van der Waals surface area contributed by atoms with Crippen LogP contribution < -0.4 is 0 Å². The van der Waals surface area contributed by atoms with Crippen molar-refractivity contribution in [2.24, 2.45) is 0 Å². The van der Waals surface area contributed by atoms with Gasteiger partial charge in [0, 0.05) is 28.9 Å². The fraction of sp³-hybridized carbons (Fsp3) is 0.0714. The van der Waals surface area contributed by atoms with Crippen molar-refractivity contribution >= 4 is 44.6 Å². The third-order valence-corrected chi connectivity index (χ3v) is 4.23. The highest BCUT2D eigenvalue weighted by Gasteiger charge is 2.13. The Morgan fingerprint density at radius 3 is 2.67 bits per heavy atom. The fourth-order valence-electron chi connectivity index (χ4n) is 2.09. The molecular weight excluding hydrogens is 354 g/mol. The highest BCUT2D eigenvalue weighted by atomic mass is 79.9. The Morgan fingerprint density at radius 1 is 1.33 bits per heavy atom. The van der Waals surface area contributed by atoms with Gasteiger partial charge >= 0.3 is 5.97 Å². The van der Waals surface area contributed by atoms with E-state index in [4.69, 9.17) is 5.11 Å². The molecule has 0 spiro atoms. The van der Waals surface area contributed by atoms with E-state index in [0.29, 0.717) is 5.95 Å². The summed E-state index contributed by atoms with van der Waals surface area (Å²) >= 11 is 4.90. The summed E-state index contributed by atoms with van der Waals surface area (Å²) in [7, 11) is 0. The smallest absolute Gasteiger partial charge is 0.335 e. The number of hydrogen-bond donors (Lipinski definition) is 1. The Bertz CT molecular complexity index is 830. The average molecular weight is 364 g/mol. The lowest BCUT2D eigenvalue weighted by Gasteiger charge is -2.03. The molecule has 0 saturated heterocycles. The minimum atomic E-state index is -0.952. The van der Waals surface area contributed by atoms with Crippen LogP contribution in [0.2, 0.25) is 0 Å². The normalized spacial score (nSPS) is 11.0. The fourth-order valence-corrected chi connectivity index (χ4v) is 2.89. The van der Waals surface area contributed by atoms with Gasteiger partial charge in [-0.15, -0.1) is 11.8 Å². The highest BCUT2D eigenvalue weighted by Crippen LogP contribution is 2.30. The molecule has 1 aromatic carbocycles. The van der Waals surface area contributed by atoms with Crippen molar-refractivity contribution in [2.45, 2.75) is 4.90 Å². The van der Waals surface area contributed by atoms with Gasteiger partial charge in [0.05, 0.1) is 15.6 Å². The van der Waals surface area contributed by atoms with Gasteiger partial charge in [0.1, 0.15) is 0 Å². The van der Waals surface area contributed by atoms with Crippen LogP contribution in [0, 0.1) is 0 Å². The maximum Gasteiger partial charge on any atom is 0.335 e. The second-order valence-corrected chi connectivity index (χ2v) is 6.07. The van der Waals surface area contributed by atoms with Gasteiger partial charge < -0.3 is 5.11 Å². The minimum Gasteiger partial charge on any atom is -0.478 e. The predicted octanol–water partition coefficient (Wildman–Crippen LogP) is 3.60. The SMILES string of the molecule is CSc1cn(-c2ncc(Br)cn2)c2cc(C(=O)O)ccc12. The summed E-state index contributed by atoms with van der Waals surface area (Å²) in [6, 6.07) is 5.07. The maximum absolute atomic E-state index is 11.2. The topological polar surface area (TPSA) is 68.0 Å². The Balaban J connectivity index is 2.27. The Morgan fingerprint density at radius 2 is 2.05 bits per heavy atom. The van der Waals surface area contributed by atoms with Crippen molar-refractivity contribution in [1.29, 1.82) is 0 Å². The van der Waals surface area contributed by atoms with Crippen molar-refractivity contribution in [3.05, 3.63) is 46.8 Å². The number of carboxylic acid groups (broad SMARTS) is 1. The molecule has 0 bridgehead atoms. The molecule has 0 unspecified atom stereocenters. The van der Waals surface area contributed by atoms with E-state index in [-0.39, 0.29) is 5.56 Å². The molecule has 0 aliphatic heterocycles. The first-order valence-electron chi connectivity index (χ1n) is 6.00. The van der Waals surface area contributed by atoms with Crippen LogP contribution in [0.1, 0.15) is 10.4 Å². The Kier molecular flexibility index (Phi) is 3.69. The molecule has 3 aromatic rings. The van der Waals surface area contributed by atoms with Gasteiger partial charge in [-0.25, -0.2) is 14.8 Å². The van der Waals surface area contributed by atoms with Gasteiger partial charge in [0.2, 0.25) is 5.95 Å². The average Bonchev–Trinajstić information content (AvgIpc) is 2.86. The molecule has 2 aromatic heterocycles. The zero-order chi connectivity index (χ0) is 15.0. The molecule has 2 heterocycles. The third kappa shape index (κ3) is 2.54. The first-order valence-corrected chi connectivity index (χ1v) is 8.02. The quantitative estimate of drug-likeness (QED) is 0.720. The number of carbonyl (C=O) groups is 1. The van der Waals surface area contributed by atoms with Crippen LogP contribution in [0.5, 0.6) is 0 Å². The summed E-state index contributed by atoms with van der Waals surface area (Å²) in [4.78, 5) is 20.7. The van der Waals surface area contributed by atoms with Crippen LogP contribution >= 0.6 is 27.7 Å². The third-order valence-electron chi connectivity index (χ3n) is 3.06. The van der Waals surface area contributed by atoms with Gasteiger partial charge in [-0.1, -0.05) is 6.07 Å². The lowest BCUT2D eigenvalue weighted by atomic mass is 10.1. The van der Waals surface area contributed by atoms with Gasteiger partial charge in [-0.2, -0.15) is 0 Å². The number of carboxylic acids is 1. The molecule has 0 radical (unpaired) electrons. The zero-order valence-electron chi connectivity index (χ0n) is 10.9. The number of aromatic nitrogens is 3. The van der Waals surface area contributed by atoms with Crippen LogP contribution in [-0.4, -0.2) is 31.9 Å². The van der Waals surface area contributed by atoms with Crippen molar-refractivity contribution < 1.29 is 9.90 Å². The van der Waals surface area contributed by atoms with Crippen LogP contribution in [0.25, 0.3) is 16.9 Å². The number of thioether (sulfide) groups is 1. The first-order chi connectivity index (χ1) is 10.1. The molecule has 0 aliphatic rings. The van der Waals surface area contributed by atoms with E-state index in [1.807, 2.05) is 18.5 Å². The molecule has 0 saturated carbocycles. The van der Waals surface area contributed by atoms with E-state index in [2.05, 4.69) is 25.9 Å². The number of halogens is 1. The monoisotopic (exact) mass is 363 g/mol. The number of fused-ring (bicyclic) bond motifs is 1. The van der Waals surface area contributed by atoms with Gasteiger partial charge in [-0.3, -0.25) is 4.57 Å². The highest BCUT2D eigenvalue weighted by molar-refractivity contribution is 9.10. The van der Waals surface area contributed by atoms with Crippen molar-refractivity contribution in [3.63, 3.8) is 0 Å². The summed E-state index contributed by atoms with van der Waals surface area (Å²) < 4.78 is 2.60. The molecule has 3 rings (SSSR count). The van der Waals surface area contributed by atoms with Gasteiger partial charge in [-0.05, 0) is 34.3 Å².